The minimum Gasteiger partial charge on any atom is -0.364 e. The van der Waals surface area contributed by atoms with Crippen molar-refractivity contribution in [3.8, 4) is 0 Å². The van der Waals surface area contributed by atoms with Gasteiger partial charge in [0, 0.05) is 18.2 Å². The van der Waals surface area contributed by atoms with Gasteiger partial charge in [-0.15, -0.1) is 0 Å². The van der Waals surface area contributed by atoms with E-state index in [2.05, 4.69) is 92.6 Å². The van der Waals surface area contributed by atoms with Crippen LogP contribution in [-0.4, -0.2) is 17.0 Å². The molecule has 3 rings (SSSR count). The molecule has 114 valence electrons. The number of allylic oxidation sites excluding steroid dienone is 4. The molecule has 1 heterocycles. The first-order chi connectivity index (χ1) is 10.7. The summed E-state index contributed by atoms with van der Waals surface area (Å²) in [5.41, 5.74) is 4.23. The van der Waals surface area contributed by atoms with Crippen molar-refractivity contribution < 1.29 is 0 Å². The van der Waals surface area contributed by atoms with E-state index in [0.29, 0.717) is 18.0 Å². The second-order valence-electron chi connectivity index (χ2n) is 6.20. The zero-order valence-corrected chi connectivity index (χ0v) is 13.7. The van der Waals surface area contributed by atoms with E-state index in [0.717, 1.165) is 6.42 Å². The third-order valence-corrected chi connectivity index (χ3v) is 4.90. The van der Waals surface area contributed by atoms with Gasteiger partial charge in [0.15, 0.2) is 0 Å². The monoisotopic (exact) mass is 291 g/mol. The van der Waals surface area contributed by atoms with Crippen molar-refractivity contribution >= 4 is 0 Å². The molecule has 0 N–H and O–H groups in total. The van der Waals surface area contributed by atoms with Gasteiger partial charge in [-0.25, -0.2) is 0 Å². The molecule has 0 fully saturated rings. The quantitative estimate of drug-likeness (QED) is 0.688. The lowest BCUT2D eigenvalue weighted by molar-refractivity contribution is 0.239. The van der Waals surface area contributed by atoms with Crippen molar-refractivity contribution in [3.63, 3.8) is 0 Å². The van der Waals surface area contributed by atoms with Gasteiger partial charge in [-0.2, -0.15) is 0 Å². The number of benzene rings is 1. The molecule has 1 aliphatic carbocycles. The van der Waals surface area contributed by atoms with Crippen molar-refractivity contribution in [1.29, 1.82) is 0 Å². The molecular formula is C21H25N. The highest BCUT2D eigenvalue weighted by Crippen LogP contribution is 2.37. The molecule has 1 heteroatoms. The van der Waals surface area contributed by atoms with Crippen molar-refractivity contribution in [2.75, 3.05) is 0 Å². The predicted molar refractivity (Wildman–Crippen MR) is 94.7 cm³/mol. The summed E-state index contributed by atoms with van der Waals surface area (Å²) in [5, 5.41) is 0. The Labute approximate surface area is 134 Å². The SMILES string of the molecule is CC/C=C\C1=C(C)[C@@H](C)N(C2C=CC2c2ccccc2)C=C1. The molecule has 0 radical (unpaired) electrons. The Hall–Kier alpha value is -2.02. The Balaban J connectivity index is 1.78. The van der Waals surface area contributed by atoms with Crippen molar-refractivity contribution in [3.05, 3.63) is 83.6 Å². The molecule has 0 amide bonds. The van der Waals surface area contributed by atoms with Crippen molar-refractivity contribution in [1.82, 2.24) is 4.90 Å². The summed E-state index contributed by atoms with van der Waals surface area (Å²) in [4.78, 5) is 2.50. The Kier molecular flexibility index (Phi) is 4.33. The van der Waals surface area contributed by atoms with Crippen LogP contribution in [0.2, 0.25) is 0 Å². The molecule has 2 aliphatic rings. The minimum atomic E-state index is 0.447. The molecule has 1 aliphatic heterocycles. The fraction of sp³-hybridized carbons (Fsp3) is 0.333. The first-order valence-corrected chi connectivity index (χ1v) is 8.28. The maximum absolute atomic E-state index is 2.50. The highest BCUT2D eigenvalue weighted by Gasteiger charge is 2.33. The first kappa shape index (κ1) is 14.9. The molecule has 1 aromatic rings. The molecule has 0 bridgehead atoms. The Bertz CT molecular complexity index is 633. The van der Waals surface area contributed by atoms with E-state index in [1.165, 1.54) is 16.7 Å². The van der Waals surface area contributed by atoms with E-state index in [1.54, 1.807) is 0 Å². The van der Waals surface area contributed by atoms with Gasteiger partial charge in [-0.3, -0.25) is 0 Å². The highest BCUT2D eigenvalue weighted by atomic mass is 15.2. The summed E-state index contributed by atoms with van der Waals surface area (Å²) >= 11 is 0. The van der Waals surface area contributed by atoms with E-state index in [4.69, 9.17) is 0 Å². The largest absolute Gasteiger partial charge is 0.364 e. The molecular weight excluding hydrogens is 266 g/mol. The van der Waals surface area contributed by atoms with Crippen LogP contribution in [0, 0.1) is 0 Å². The van der Waals surface area contributed by atoms with Crippen LogP contribution in [0.5, 0.6) is 0 Å². The highest BCUT2D eigenvalue weighted by molar-refractivity contribution is 5.42. The molecule has 0 saturated heterocycles. The second kappa shape index (κ2) is 6.39. The van der Waals surface area contributed by atoms with Crippen LogP contribution in [0.15, 0.2) is 78.1 Å². The van der Waals surface area contributed by atoms with Crippen LogP contribution in [0.3, 0.4) is 0 Å². The second-order valence-corrected chi connectivity index (χ2v) is 6.20. The van der Waals surface area contributed by atoms with Crippen molar-refractivity contribution in [2.45, 2.75) is 45.2 Å². The van der Waals surface area contributed by atoms with E-state index in [9.17, 15) is 0 Å². The van der Waals surface area contributed by atoms with Crippen molar-refractivity contribution in [2.24, 2.45) is 0 Å². The number of nitrogens with zero attached hydrogens (tertiary/aromatic N) is 1. The number of rotatable bonds is 4. The summed E-state index contributed by atoms with van der Waals surface area (Å²) in [6.07, 6.45) is 14.8. The van der Waals surface area contributed by atoms with Crippen LogP contribution in [0.25, 0.3) is 0 Å². The van der Waals surface area contributed by atoms with Gasteiger partial charge in [0.05, 0.1) is 6.04 Å². The smallest absolute Gasteiger partial charge is 0.0577 e. The third kappa shape index (κ3) is 2.68. The molecule has 1 aromatic carbocycles. The van der Waals surface area contributed by atoms with E-state index in [1.807, 2.05) is 0 Å². The van der Waals surface area contributed by atoms with Gasteiger partial charge in [-0.05, 0) is 43.1 Å². The van der Waals surface area contributed by atoms with Gasteiger partial charge in [0.25, 0.3) is 0 Å². The fourth-order valence-electron chi connectivity index (χ4n) is 3.27. The normalized spacial score (nSPS) is 27.6. The summed E-state index contributed by atoms with van der Waals surface area (Å²) in [7, 11) is 0. The lowest BCUT2D eigenvalue weighted by atomic mass is 9.80. The van der Waals surface area contributed by atoms with Crippen LogP contribution in [0.1, 0.15) is 38.7 Å². The van der Waals surface area contributed by atoms with Crippen LogP contribution >= 0.6 is 0 Å². The maximum atomic E-state index is 2.50. The summed E-state index contributed by atoms with van der Waals surface area (Å²) in [6.45, 7) is 6.75. The van der Waals surface area contributed by atoms with Gasteiger partial charge in [0.2, 0.25) is 0 Å². The van der Waals surface area contributed by atoms with E-state index < -0.39 is 0 Å². The van der Waals surface area contributed by atoms with Gasteiger partial charge >= 0.3 is 0 Å². The van der Waals surface area contributed by atoms with Crippen LogP contribution in [-0.2, 0) is 0 Å². The maximum Gasteiger partial charge on any atom is 0.0577 e. The van der Waals surface area contributed by atoms with Crippen LogP contribution < -0.4 is 0 Å². The van der Waals surface area contributed by atoms with E-state index in [-0.39, 0.29) is 0 Å². The molecule has 0 saturated carbocycles. The molecule has 0 spiro atoms. The topological polar surface area (TPSA) is 3.24 Å². The van der Waals surface area contributed by atoms with Crippen LogP contribution in [0.4, 0.5) is 0 Å². The summed E-state index contributed by atoms with van der Waals surface area (Å²) in [5.74, 6) is 0.508. The van der Waals surface area contributed by atoms with Gasteiger partial charge < -0.3 is 4.90 Å². The lowest BCUT2D eigenvalue weighted by Crippen LogP contribution is -2.45. The lowest BCUT2D eigenvalue weighted by Gasteiger charge is -2.44. The molecule has 1 nitrogen and oxygen atoms in total. The Morgan fingerprint density at radius 1 is 1.14 bits per heavy atom. The Morgan fingerprint density at radius 2 is 1.91 bits per heavy atom. The number of hydrogen-bond acceptors (Lipinski definition) is 1. The first-order valence-electron chi connectivity index (χ1n) is 8.28. The molecule has 0 aromatic heterocycles. The standard InChI is InChI=1S/C21H25N/c1-4-5-9-18-14-15-22(17(3)16(18)2)21-13-12-20(21)19-10-7-6-8-11-19/h5-15,17,20-21H,4H2,1-3H3/b9-5-/t17-,20?,21?/m1/s1. The molecule has 22 heavy (non-hydrogen) atoms. The number of hydrogen-bond donors (Lipinski definition) is 0. The predicted octanol–water partition coefficient (Wildman–Crippen LogP) is 5.21. The average Bonchev–Trinajstić information content (AvgIpc) is 2.51. The molecule has 2 unspecified atom stereocenters. The summed E-state index contributed by atoms with van der Waals surface area (Å²) < 4.78 is 0. The third-order valence-electron chi connectivity index (χ3n) is 4.90. The fourth-order valence-corrected chi connectivity index (χ4v) is 3.27. The van der Waals surface area contributed by atoms with E-state index >= 15 is 0 Å². The zero-order valence-electron chi connectivity index (χ0n) is 13.7. The van der Waals surface area contributed by atoms with Gasteiger partial charge in [0.1, 0.15) is 0 Å². The molecule has 3 atom stereocenters. The zero-order chi connectivity index (χ0) is 15.5. The average molecular weight is 291 g/mol. The summed E-state index contributed by atoms with van der Waals surface area (Å²) in [6, 6.07) is 11.7. The van der Waals surface area contributed by atoms with Gasteiger partial charge in [-0.1, -0.05) is 61.6 Å². The minimum absolute atomic E-state index is 0.447. The Morgan fingerprint density at radius 3 is 2.55 bits per heavy atom.